The van der Waals surface area contributed by atoms with Crippen molar-refractivity contribution < 1.29 is 19.3 Å². The quantitative estimate of drug-likeness (QED) is 0.783. The Morgan fingerprint density at radius 1 is 0.957 bits per heavy atom. The maximum absolute atomic E-state index is 9.61. The summed E-state index contributed by atoms with van der Waals surface area (Å²) < 4.78 is 16.0. The Balaban J connectivity index is 2.16. The van der Waals surface area contributed by atoms with Crippen LogP contribution in [0.4, 0.5) is 0 Å². The molecule has 0 spiro atoms. The second-order valence-electron chi connectivity index (χ2n) is 5.06. The third-order valence-electron chi connectivity index (χ3n) is 3.66. The molecule has 0 aliphatic rings. The van der Waals surface area contributed by atoms with Crippen LogP contribution in [0.5, 0.6) is 17.2 Å². The van der Waals surface area contributed by atoms with Crippen molar-refractivity contribution in [3.05, 3.63) is 53.6 Å². The monoisotopic (exact) mass is 317 g/mol. The van der Waals surface area contributed by atoms with Gasteiger partial charge < -0.3 is 24.6 Å². The molecule has 2 N–H and O–H groups in total. The van der Waals surface area contributed by atoms with Gasteiger partial charge in [0.25, 0.3) is 0 Å². The standard InChI is InChI=1S/C18H23NO4/c1-21-16-9-13(10-17(22-2)18(16)23-3)11-19-15(12-20)14-7-5-4-6-8-14/h4-10,15,19-20H,11-12H2,1-3H3. The van der Waals surface area contributed by atoms with Crippen molar-refractivity contribution in [2.45, 2.75) is 12.6 Å². The number of hydrogen-bond donors (Lipinski definition) is 2. The molecule has 0 saturated carbocycles. The van der Waals surface area contributed by atoms with Crippen molar-refractivity contribution in [1.82, 2.24) is 5.32 Å². The highest BCUT2D eigenvalue weighted by Crippen LogP contribution is 2.38. The largest absolute Gasteiger partial charge is 0.493 e. The van der Waals surface area contributed by atoms with Gasteiger partial charge >= 0.3 is 0 Å². The molecule has 0 aliphatic carbocycles. The predicted octanol–water partition coefficient (Wildman–Crippen LogP) is 2.54. The minimum Gasteiger partial charge on any atom is -0.493 e. The molecule has 1 unspecified atom stereocenters. The summed E-state index contributed by atoms with van der Waals surface area (Å²) >= 11 is 0. The molecule has 0 bridgehead atoms. The zero-order valence-corrected chi connectivity index (χ0v) is 13.7. The number of nitrogens with one attached hydrogen (secondary N) is 1. The maximum atomic E-state index is 9.61. The van der Waals surface area contributed by atoms with E-state index in [-0.39, 0.29) is 12.6 Å². The van der Waals surface area contributed by atoms with Crippen LogP contribution in [0.3, 0.4) is 0 Å². The molecule has 5 heteroatoms. The summed E-state index contributed by atoms with van der Waals surface area (Å²) in [6, 6.07) is 13.5. The van der Waals surface area contributed by atoms with Crippen LogP contribution in [0.1, 0.15) is 17.2 Å². The molecule has 2 aromatic rings. The maximum Gasteiger partial charge on any atom is 0.203 e. The van der Waals surface area contributed by atoms with Gasteiger partial charge in [-0.15, -0.1) is 0 Å². The molecular weight excluding hydrogens is 294 g/mol. The first-order chi connectivity index (χ1) is 11.2. The van der Waals surface area contributed by atoms with Gasteiger partial charge in [0.2, 0.25) is 5.75 Å². The first kappa shape index (κ1) is 17.1. The fraction of sp³-hybridized carbons (Fsp3) is 0.333. The first-order valence-corrected chi connectivity index (χ1v) is 7.41. The molecule has 0 amide bonds. The number of aliphatic hydroxyl groups is 1. The van der Waals surface area contributed by atoms with Crippen LogP contribution in [0.25, 0.3) is 0 Å². The summed E-state index contributed by atoms with van der Waals surface area (Å²) in [4.78, 5) is 0. The second kappa shape index (κ2) is 8.41. The number of ether oxygens (including phenoxy) is 3. The van der Waals surface area contributed by atoms with Gasteiger partial charge in [-0.2, -0.15) is 0 Å². The molecule has 23 heavy (non-hydrogen) atoms. The Kier molecular flexibility index (Phi) is 6.26. The van der Waals surface area contributed by atoms with Crippen molar-refractivity contribution in [1.29, 1.82) is 0 Å². The highest BCUT2D eigenvalue weighted by molar-refractivity contribution is 5.53. The Morgan fingerprint density at radius 3 is 2.04 bits per heavy atom. The van der Waals surface area contributed by atoms with Crippen LogP contribution in [0.15, 0.2) is 42.5 Å². The molecule has 5 nitrogen and oxygen atoms in total. The lowest BCUT2D eigenvalue weighted by Gasteiger charge is -2.18. The van der Waals surface area contributed by atoms with Crippen LogP contribution in [0, 0.1) is 0 Å². The highest BCUT2D eigenvalue weighted by atomic mass is 16.5. The van der Waals surface area contributed by atoms with Gasteiger partial charge in [0.1, 0.15) is 0 Å². The van der Waals surface area contributed by atoms with E-state index in [1.165, 1.54) is 0 Å². The van der Waals surface area contributed by atoms with Gasteiger partial charge in [-0.25, -0.2) is 0 Å². The van der Waals surface area contributed by atoms with Crippen LogP contribution in [-0.2, 0) is 6.54 Å². The van der Waals surface area contributed by atoms with E-state index in [9.17, 15) is 5.11 Å². The highest BCUT2D eigenvalue weighted by Gasteiger charge is 2.14. The molecule has 0 radical (unpaired) electrons. The molecule has 0 saturated heterocycles. The van der Waals surface area contributed by atoms with E-state index in [2.05, 4.69) is 5.32 Å². The zero-order valence-electron chi connectivity index (χ0n) is 13.7. The van der Waals surface area contributed by atoms with E-state index in [0.717, 1.165) is 11.1 Å². The third-order valence-corrected chi connectivity index (χ3v) is 3.66. The summed E-state index contributed by atoms with van der Waals surface area (Å²) in [5.41, 5.74) is 2.02. The van der Waals surface area contributed by atoms with Crippen molar-refractivity contribution in [2.24, 2.45) is 0 Å². The van der Waals surface area contributed by atoms with Crippen molar-refractivity contribution in [3.63, 3.8) is 0 Å². The van der Waals surface area contributed by atoms with E-state index >= 15 is 0 Å². The van der Waals surface area contributed by atoms with E-state index in [1.807, 2.05) is 42.5 Å². The Labute approximate surface area is 136 Å². The van der Waals surface area contributed by atoms with Gasteiger partial charge in [-0.05, 0) is 23.3 Å². The minimum atomic E-state index is -0.129. The first-order valence-electron chi connectivity index (χ1n) is 7.41. The summed E-state index contributed by atoms with van der Waals surface area (Å²) in [7, 11) is 4.76. The lowest BCUT2D eigenvalue weighted by atomic mass is 10.1. The molecule has 0 aromatic heterocycles. The Morgan fingerprint density at radius 2 is 1.57 bits per heavy atom. The summed E-state index contributed by atoms with van der Waals surface area (Å²) in [5, 5.41) is 12.9. The summed E-state index contributed by atoms with van der Waals surface area (Å²) in [6.45, 7) is 0.589. The van der Waals surface area contributed by atoms with Gasteiger partial charge in [-0.1, -0.05) is 30.3 Å². The second-order valence-corrected chi connectivity index (χ2v) is 5.06. The lowest BCUT2D eigenvalue weighted by Crippen LogP contribution is -2.24. The van der Waals surface area contributed by atoms with Crippen LogP contribution >= 0.6 is 0 Å². The zero-order chi connectivity index (χ0) is 16.7. The molecule has 0 aliphatic heterocycles. The van der Waals surface area contributed by atoms with Gasteiger partial charge in [0, 0.05) is 6.54 Å². The average Bonchev–Trinajstić information content (AvgIpc) is 2.62. The normalized spacial score (nSPS) is 11.8. The van der Waals surface area contributed by atoms with E-state index in [4.69, 9.17) is 14.2 Å². The average molecular weight is 317 g/mol. The third kappa shape index (κ3) is 4.15. The van der Waals surface area contributed by atoms with Crippen LogP contribution in [-0.4, -0.2) is 33.0 Å². The molecule has 2 rings (SSSR count). The molecule has 0 fully saturated rings. The molecule has 1 atom stereocenters. The molecule has 0 heterocycles. The van der Waals surface area contributed by atoms with E-state index in [0.29, 0.717) is 23.8 Å². The van der Waals surface area contributed by atoms with Crippen LogP contribution < -0.4 is 19.5 Å². The Hall–Kier alpha value is -2.24. The molecular formula is C18H23NO4. The predicted molar refractivity (Wildman–Crippen MR) is 89.2 cm³/mol. The van der Waals surface area contributed by atoms with Gasteiger partial charge in [0.15, 0.2) is 11.5 Å². The van der Waals surface area contributed by atoms with Crippen molar-refractivity contribution in [3.8, 4) is 17.2 Å². The van der Waals surface area contributed by atoms with Gasteiger partial charge in [0.05, 0.1) is 34.0 Å². The molecule has 124 valence electrons. The summed E-state index contributed by atoms with van der Waals surface area (Å²) in [5.74, 6) is 1.80. The number of hydrogen-bond acceptors (Lipinski definition) is 5. The fourth-order valence-corrected chi connectivity index (χ4v) is 2.45. The number of benzene rings is 2. The number of methoxy groups -OCH3 is 3. The van der Waals surface area contributed by atoms with Gasteiger partial charge in [-0.3, -0.25) is 0 Å². The number of rotatable bonds is 8. The fourth-order valence-electron chi connectivity index (χ4n) is 2.45. The van der Waals surface area contributed by atoms with E-state index in [1.54, 1.807) is 21.3 Å². The minimum absolute atomic E-state index is 0.0223. The summed E-state index contributed by atoms with van der Waals surface area (Å²) in [6.07, 6.45) is 0. The number of aliphatic hydroxyl groups excluding tert-OH is 1. The SMILES string of the molecule is COc1cc(CNC(CO)c2ccccc2)cc(OC)c1OC. The van der Waals surface area contributed by atoms with Crippen LogP contribution in [0.2, 0.25) is 0 Å². The smallest absolute Gasteiger partial charge is 0.203 e. The van der Waals surface area contributed by atoms with Crippen molar-refractivity contribution >= 4 is 0 Å². The topological polar surface area (TPSA) is 60.0 Å². The Bertz CT molecular complexity index is 591. The molecule has 2 aromatic carbocycles. The van der Waals surface area contributed by atoms with Crippen molar-refractivity contribution in [2.75, 3.05) is 27.9 Å². The van der Waals surface area contributed by atoms with E-state index < -0.39 is 0 Å². The lowest BCUT2D eigenvalue weighted by molar-refractivity contribution is 0.243.